The maximum Gasteiger partial charge on any atom is 0.344 e. The molecule has 6 heteroatoms. The van der Waals surface area contributed by atoms with Crippen molar-refractivity contribution in [2.24, 2.45) is 0 Å². The molecule has 0 spiro atoms. The number of benzene rings is 2. The van der Waals surface area contributed by atoms with Gasteiger partial charge in [-0.15, -0.1) is 0 Å². The number of nitrogens with zero attached hydrogens (tertiary/aromatic N) is 2. The number of nitriles is 1. The Morgan fingerprint density at radius 1 is 0.900 bits per heavy atom. The average Bonchev–Trinajstić information content (AvgIpc) is 2.78. The molecule has 1 heterocycles. The third kappa shape index (κ3) is 5.30. The first-order valence-corrected chi connectivity index (χ1v) is 9.60. The van der Waals surface area contributed by atoms with Gasteiger partial charge in [-0.05, 0) is 48.7 Å². The van der Waals surface area contributed by atoms with Crippen molar-refractivity contribution in [3.8, 4) is 17.8 Å². The molecule has 6 nitrogen and oxygen atoms in total. The van der Waals surface area contributed by atoms with E-state index in [2.05, 4.69) is 11.9 Å². The lowest BCUT2D eigenvalue weighted by Crippen LogP contribution is -2.13. The predicted octanol–water partition coefficient (Wildman–Crippen LogP) is 4.73. The number of pyridine rings is 1. The van der Waals surface area contributed by atoms with Crippen molar-refractivity contribution in [1.29, 1.82) is 5.26 Å². The second-order valence-electron chi connectivity index (χ2n) is 6.56. The van der Waals surface area contributed by atoms with Gasteiger partial charge in [-0.3, -0.25) is 0 Å². The SMILES string of the molecule is CCCCc1ccc(C(=O)Oc2nc(OC(=O)c3ccccc3)ccc2C#N)cc1. The van der Waals surface area contributed by atoms with E-state index >= 15 is 0 Å². The van der Waals surface area contributed by atoms with Gasteiger partial charge in [0.05, 0.1) is 11.1 Å². The zero-order chi connectivity index (χ0) is 21.3. The monoisotopic (exact) mass is 400 g/mol. The Kier molecular flexibility index (Phi) is 6.91. The molecule has 0 N–H and O–H groups in total. The molecular formula is C24H20N2O4. The Bertz CT molecular complexity index is 1070. The number of aromatic nitrogens is 1. The summed E-state index contributed by atoms with van der Waals surface area (Å²) in [6, 6.07) is 20.2. The Morgan fingerprint density at radius 2 is 1.57 bits per heavy atom. The van der Waals surface area contributed by atoms with E-state index in [0.29, 0.717) is 11.1 Å². The summed E-state index contributed by atoms with van der Waals surface area (Å²) >= 11 is 0. The fourth-order valence-corrected chi connectivity index (χ4v) is 2.71. The van der Waals surface area contributed by atoms with Gasteiger partial charge in [0.25, 0.3) is 0 Å². The van der Waals surface area contributed by atoms with Crippen molar-refractivity contribution in [2.75, 3.05) is 0 Å². The topological polar surface area (TPSA) is 89.3 Å². The van der Waals surface area contributed by atoms with Crippen molar-refractivity contribution < 1.29 is 19.1 Å². The maximum atomic E-state index is 12.5. The van der Waals surface area contributed by atoms with Crippen LogP contribution in [0.5, 0.6) is 11.8 Å². The Morgan fingerprint density at radius 3 is 2.23 bits per heavy atom. The lowest BCUT2D eigenvalue weighted by Gasteiger charge is -2.08. The van der Waals surface area contributed by atoms with Crippen molar-refractivity contribution in [3.05, 3.63) is 89.0 Å². The van der Waals surface area contributed by atoms with Gasteiger partial charge in [-0.1, -0.05) is 43.7 Å². The molecule has 150 valence electrons. The first-order chi connectivity index (χ1) is 14.6. The fraction of sp³-hybridized carbons (Fsp3) is 0.167. The first-order valence-electron chi connectivity index (χ1n) is 9.60. The minimum absolute atomic E-state index is 0.0578. The summed E-state index contributed by atoms with van der Waals surface area (Å²) in [6.45, 7) is 2.12. The van der Waals surface area contributed by atoms with Crippen LogP contribution in [0.1, 0.15) is 51.6 Å². The van der Waals surface area contributed by atoms with Crippen LogP contribution in [0.25, 0.3) is 0 Å². The van der Waals surface area contributed by atoms with Crippen LogP contribution in [0.15, 0.2) is 66.7 Å². The molecule has 0 aliphatic rings. The van der Waals surface area contributed by atoms with Crippen LogP contribution in [-0.2, 0) is 6.42 Å². The molecule has 0 bridgehead atoms. The number of unbranched alkanes of at least 4 members (excludes halogenated alkanes) is 1. The molecule has 3 rings (SSSR count). The molecule has 0 saturated heterocycles. The zero-order valence-corrected chi connectivity index (χ0v) is 16.5. The summed E-state index contributed by atoms with van der Waals surface area (Å²) in [4.78, 5) is 28.7. The summed E-state index contributed by atoms with van der Waals surface area (Å²) in [5.41, 5.74) is 1.89. The van der Waals surface area contributed by atoms with Crippen molar-refractivity contribution in [1.82, 2.24) is 4.98 Å². The van der Waals surface area contributed by atoms with Crippen molar-refractivity contribution in [3.63, 3.8) is 0 Å². The van der Waals surface area contributed by atoms with Crippen LogP contribution in [0.2, 0.25) is 0 Å². The highest BCUT2D eigenvalue weighted by atomic mass is 16.6. The zero-order valence-electron chi connectivity index (χ0n) is 16.5. The Hall–Kier alpha value is -3.98. The number of carbonyl (C=O) groups excluding carboxylic acids is 2. The van der Waals surface area contributed by atoms with Crippen molar-refractivity contribution in [2.45, 2.75) is 26.2 Å². The number of ether oxygens (including phenoxy) is 2. The van der Waals surface area contributed by atoms with E-state index < -0.39 is 11.9 Å². The minimum Gasteiger partial charge on any atom is -0.404 e. The first kappa shape index (κ1) is 20.7. The second-order valence-corrected chi connectivity index (χ2v) is 6.56. The highest BCUT2D eigenvalue weighted by molar-refractivity contribution is 5.91. The van der Waals surface area contributed by atoms with Crippen molar-refractivity contribution >= 4 is 11.9 Å². The number of esters is 2. The molecule has 0 saturated carbocycles. The van der Waals surface area contributed by atoms with Gasteiger partial charge in [0.15, 0.2) is 0 Å². The molecule has 0 aliphatic carbocycles. The van der Waals surface area contributed by atoms with Gasteiger partial charge in [-0.2, -0.15) is 10.2 Å². The van der Waals surface area contributed by atoms with Gasteiger partial charge in [0.1, 0.15) is 11.6 Å². The highest BCUT2D eigenvalue weighted by Crippen LogP contribution is 2.21. The Labute approximate surface area is 174 Å². The van der Waals surface area contributed by atoms with E-state index in [1.807, 2.05) is 18.2 Å². The molecule has 2 aromatic carbocycles. The van der Waals surface area contributed by atoms with Gasteiger partial charge in [0, 0.05) is 6.07 Å². The summed E-state index contributed by atoms with van der Waals surface area (Å²) < 4.78 is 10.5. The Balaban J connectivity index is 1.74. The molecule has 30 heavy (non-hydrogen) atoms. The summed E-state index contributed by atoms with van der Waals surface area (Å²) in [7, 11) is 0. The van der Waals surface area contributed by atoms with E-state index in [1.54, 1.807) is 42.5 Å². The van der Waals surface area contributed by atoms with Gasteiger partial charge >= 0.3 is 11.9 Å². The van der Waals surface area contributed by atoms with Crippen LogP contribution in [0, 0.1) is 11.3 Å². The van der Waals surface area contributed by atoms with Crippen LogP contribution >= 0.6 is 0 Å². The van der Waals surface area contributed by atoms with E-state index in [4.69, 9.17) is 9.47 Å². The standard InChI is InChI=1S/C24H20N2O4/c1-2-3-7-17-10-12-19(13-11-17)24(28)30-22-20(16-25)14-15-21(26-22)29-23(27)18-8-5-4-6-9-18/h4-6,8-15H,2-3,7H2,1H3. The fourth-order valence-electron chi connectivity index (χ4n) is 2.71. The molecule has 0 amide bonds. The minimum atomic E-state index is -0.646. The molecule has 0 unspecified atom stereocenters. The summed E-state index contributed by atoms with van der Waals surface area (Å²) in [5, 5.41) is 9.28. The third-order valence-electron chi connectivity index (χ3n) is 4.36. The number of rotatable bonds is 7. The highest BCUT2D eigenvalue weighted by Gasteiger charge is 2.16. The van der Waals surface area contributed by atoms with Crippen LogP contribution < -0.4 is 9.47 Å². The van der Waals surface area contributed by atoms with E-state index in [-0.39, 0.29) is 17.3 Å². The molecule has 0 fully saturated rings. The largest absolute Gasteiger partial charge is 0.404 e. The van der Waals surface area contributed by atoms with Crippen LogP contribution in [-0.4, -0.2) is 16.9 Å². The molecule has 1 aromatic heterocycles. The molecular weight excluding hydrogens is 380 g/mol. The number of carbonyl (C=O) groups is 2. The van der Waals surface area contributed by atoms with Gasteiger partial charge in [-0.25, -0.2) is 9.59 Å². The molecule has 0 aliphatic heterocycles. The quantitative estimate of drug-likeness (QED) is 0.533. The third-order valence-corrected chi connectivity index (χ3v) is 4.36. The molecule has 0 atom stereocenters. The molecule has 0 radical (unpaired) electrons. The predicted molar refractivity (Wildman–Crippen MR) is 110 cm³/mol. The normalized spacial score (nSPS) is 10.1. The average molecular weight is 400 g/mol. The lowest BCUT2D eigenvalue weighted by molar-refractivity contribution is 0.0717. The maximum absolute atomic E-state index is 12.5. The second kappa shape index (κ2) is 9.99. The van der Waals surface area contributed by atoms with E-state index in [0.717, 1.165) is 24.8 Å². The van der Waals surface area contributed by atoms with Crippen LogP contribution in [0.3, 0.4) is 0 Å². The van der Waals surface area contributed by atoms with Gasteiger partial charge in [0.2, 0.25) is 11.8 Å². The smallest absolute Gasteiger partial charge is 0.344 e. The molecule has 3 aromatic rings. The summed E-state index contributed by atoms with van der Waals surface area (Å²) in [6.07, 6.45) is 3.12. The van der Waals surface area contributed by atoms with Gasteiger partial charge < -0.3 is 9.47 Å². The number of hydrogen-bond donors (Lipinski definition) is 0. The lowest BCUT2D eigenvalue weighted by atomic mass is 10.1. The number of aryl methyl sites for hydroxylation is 1. The summed E-state index contributed by atoms with van der Waals surface area (Å²) in [5.74, 6) is -1.53. The van der Waals surface area contributed by atoms with E-state index in [9.17, 15) is 14.9 Å². The van der Waals surface area contributed by atoms with E-state index in [1.165, 1.54) is 12.1 Å². The van der Waals surface area contributed by atoms with Crippen LogP contribution in [0.4, 0.5) is 0 Å². The number of hydrogen-bond acceptors (Lipinski definition) is 6.